The van der Waals surface area contributed by atoms with Crippen molar-refractivity contribution < 1.29 is 9.47 Å². The van der Waals surface area contributed by atoms with Gasteiger partial charge in [0.15, 0.2) is 6.79 Å². The molecule has 3 heteroatoms. The Kier molecular flexibility index (Phi) is 3.72. The van der Waals surface area contributed by atoms with Gasteiger partial charge in [0.25, 0.3) is 0 Å². The maximum Gasteiger partial charge on any atom is 0.220 e. The molecule has 0 spiro atoms. The SMILES string of the molecule is CC(CCNC1OCO1)c1ccccc1. The maximum absolute atomic E-state index is 5.08. The standard InChI is InChI=1S/C12H17NO2/c1-10(11-5-3-2-4-6-11)7-8-13-12-14-9-15-12/h2-6,10,12-13H,7-9H2,1H3. The summed E-state index contributed by atoms with van der Waals surface area (Å²) >= 11 is 0. The fourth-order valence-electron chi connectivity index (χ4n) is 1.62. The predicted molar refractivity (Wildman–Crippen MR) is 58.3 cm³/mol. The van der Waals surface area contributed by atoms with Crippen LogP contribution in [0.1, 0.15) is 24.8 Å². The summed E-state index contributed by atoms with van der Waals surface area (Å²) in [6.07, 6.45) is 0.917. The van der Waals surface area contributed by atoms with Gasteiger partial charge in [-0.3, -0.25) is 5.32 Å². The van der Waals surface area contributed by atoms with Crippen molar-refractivity contribution in [3.63, 3.8) is 0 Å². The Morgan fingerprint density at radius 1 is 1.33 bits per heavy atom. The number of hydrogen-bond acceptors (Lipinski definition) is 3. The van der Waals surface area contributed by atoms with Crippen LogP contribution in [0, 0.1) is 0 Å². The summed E-state index contributed by atoms with van der Waals surface area (Å²) in [5, 5.41) is 3.18. The van der Waals surface area contributed by atoms with Crippen LogP contribution < -0.4 is 5.32 Å². The van der Waals surface area contributed by atoms with Crippen LogP contribution >= 0.6 is 0 Å². The first-order chi connectivity index (χ1) is 7.36. The van der Waals surface area contributed by atoms with Gasteiger partial charge in [-0.15, -0.1) is 0 Å². The lowest BCUT2D eigenvalue weighted by Crippen LogP contribution is -2.43. The zero-order valence-electron chi connectivity index (χ0n) is 8.98. The molecule has 2 rings (SSSR count). The molecule has 1 aliphatic rings. The van der Waals surface area contributed by atoms with Gasteiger partial charge in [-0.25, -0.2) is 0 Å². The average molecular weight is 207 g/mol. The molecule has 1 saturated heterocycles. The number of nitrogens with one attached hydrogen (secondary N) is 1. The molecule has 1 heterocycles. The molecule has 82 valence electrons. The van der Waals surface area contributed by atoms with E-state index in [-0.39, 0.29) is 6.41 Å². The zero-order valence-corrected chi connectivity index (χ0v) is 8.98. The summed E-state index contributed by atoms with van der Waals surface area (Å²) in [7, 11) is 0. The molecule has 1 aromatic carbocycles. The highest BCUT2D eigenvalue weighted by Crippen LogP contribution is 2.17. The van der Waals surface area contributed by atoms with Crippen LogP contribution in [0.3, 0.4) is 0 Å². The summed E-state index contributed by atoms with van der Waals surface area (Å²) in [5.74, 6) is 0.568. The fourth-order valence-corrected chi connectivity index (χ4v) is 1.62. The van der Waals surface area contributed by atoms with Gasteiger partial charge in [0, 0.05) is 6.54 Å². The van der Waals surface area contributed by atoms with Gasteiger partial charge in [0.1, 0.15) is 0 Å². The Hall–Kier alpha value is -0.900. The minimum absolute atomic E-state index is 0.173. The quantitative estimate of drug-likeness (QED) is 0.801. The molecule has 1 aromatic rings. The van der Waals surface area contributed by atoms with E-state index < -0.39 is 0 Å². The summed E-state index contributed by atoms with van der Waals surface area (Å²) in [6.45, 7) is 3.58. The third-order valence-corrected chi connectivity index (χ3v) is 2.70. The Bertz CT molecular complexity index is 285. The van der Waals surface area contributed by atoms with Crippen molar-refractivity contribution in [3.05, 3.63) is 35.9 Å². The van der Waals surface area contributed by atoms with Crippen LogP contribution in [0.5, 0.6) is 0 Å². The lowest BCUT2D eigenvalue weighted by atomic mass is 9.98. The van der Waals surface area contributed by atoms with E-state index in [4.69, 9.17) is 9.47 Å². The molecule has 1 unspecified atom stereocenters. The molecule has 1 atom stereocenters. The predicted octanol–water partition coefficient (Wildman–Crippen LogP) is 2.06. The number of benzene rings is 1. The number of rotatable bonds is 5. The summed E-state index contributed by atoms with van der Waals surface area (Å²) in [5.41, 5.74) is 1.38. The first kappa shape index (κ1) is 10.6. The topological polar surface area (TPSA) is 30.5 Å². The fraction of sp³-hybridized carbons (Fsp3) is 0.500. The van der Waals surface area contributed by atoms with E-state index in [9.17, 15) is 0 Å². The van der Waals surface area contributed by atoms with Crippen molar-refractivity contribution in [1.29, 1.82) is 0 Å². The lowest BCUT2D eigenvalue weighted by Gasteiger charge is -2.27. The van der Waals surface area contributed by atoms with Crippen LogP contribution in [0.25, 0.3) is 0 Å². The monoisotopic (exact) mass is 207 g/mol. The van der Waals surface area contributed by atoms with Gasteiger partial charge in [0.05, 0.1) is 0 Å². The highest BCUT2D eigenvalue weighted by Gasteiger charge is 2.17. The van der Waals surface area contributed by atoms with E-state index >= 15 is 0 Å². The molecule has 0 aromatic heterocycles. The first-order valence-electron chi connectivity index (χ1n) is 5.38. The second kappa shape index (κ2) is 5.26. The molecule has 0 amide bonds. The van der Waals surface area contributed by atoms with Gasteiger partial charge in [-0.05, 0) is 17.9 Å². The second-order valence-corrected chi connectivity index (χ2v) is 3.84. The molecular formula is C12H17NO2. The number of hydrogen-bond donors (Lipinski definition) is 1. The molecule has 1 N–H and O–H groups in total. The molecular weight excluding hydrogens is 190 g/mol. The van der Waals surface area contributed by atoms with Gasteiger partial charge in [-0.2, -0.15) is 0 Å². The van der Waals surface area contributed by atoms with Crippen LogP contribution in [-0.2, 0) is 9.47 Å². The molecule has 0 aliphatic carbocycles. The van der Waals surface area contributed by atoms with Crippen LogP contribution in [0.15, 0.2) is 30.3 Å². The summed E-state index contributed by atoms with van der Waals surface area (Å²) in [6, 6.07) is 10.5. The van der Waals surface area contributed by atoms with E-state index in [0.29, 0.717) is 12.7 Å². The van der Waals surface area contributed by atoms with E-state index in [1.807, 2.05) is 6.07 Å². The Balaban J connectivity index is 1.70. The Morgan fingerprint density at radius 3 is 2.67 bits per heavy atom. The third kappa shape index (κ3) is 3.02. The minimum atomic E-state index is -0.173. The second-order valence-electron chi connectivity index (χ2n) is 3.84. The van der Waals surface area contributed by atoms with E-state index in [2.05, 4.69) is 36.5 Å². The minimum Gasteiger partial charge on any atom is -0.313 e. The molecule has 15 heavy (non-hydrogen) atoms. The molecule has 1 aliphatic heterocycles. The van der Waals surface area contributed by atoms with Crippen molar-refractivity contribution in [2.75, 3.05) is 13.3 Å². The van der Waals surface area contributed by atoms with Crippen molar-refractivity contribution in [1.82, 2.24) is 5.32 Å². The third-order valence-electron chi connectivity index (χ3n) is 2.70. The first-order valence-corrected chi connectivity index (χ1v) is 5.38. The Morgan fingerprint density at radius 2 is 2.07 bits per heavy atom. The molecule has 3 nitrogen and oxygen atoms in total. The molecule has 0 bridgehead atoms. The van der Waals surface area contributed by atoms with Gasteiger partial charge >= 0.3 is 0 Å². The van der Waals surface area contributed by atoms with Crippen LogP contribution in [0.4, 0.5) is 0 Å². The number of ether oxygens (including phenoxy) is 2. The highest BCUT2D eigenvalue weighted by molar-refractivity contribution is 5.18. The molecule has 0 saturated carbocycles. The molecule has 0 radical (unpaired) electrons. The van der Waals surface area contributed by atoms with Crippen LogP contribution in [0.2, 0.25) is 0 Å². The summed E-state index contributed by atoms with van der Waals surface area (Å²) in [4.78, 5) is 0. The van der Waals surface area contributed by atoms with Crippen LogP contribution in [-0.4, -0.2) is 19.8 Å². The Labute approximate surface area is 90.4 Å². The smallest absolute Gasteiger partial charge is 0.220 e. The van der Waals surface area contributed by atoms with Gasteiger partial charge < -0.3 is 9.47 Å². The zero-order chi connectivity index (χ0) is 10.5. The largest absolute Gasteiger partial charge is 0.313 e. The van der Waals surface area contributed by atoms with Gasteiger partial charge in [0.2, 0.25) is 6.41 Å². The van der Waals surface area contributed by atoms with Crippen molar-refractivity contribution in [2.45, 2.75) is 25.7 Å². The molecule has 1 fully saturated rings. The van der Waals surface area contributed by atoms with E-state index in [1.165, 1.54) is 5.56 Å². The normalized spacial score (nSPS) is 18.5. The van der Waals surface area contributed by atoms with Gasteiger partial charge in [-0.1, -0.05) is 37.3 Å². The van der Waals surface area contributed by atoms with E-state index in [1.54, 1.807) is 0 Å². The lowest BCUT2D eigenvalue weighted by molar-refractivity contribution is -0.332. The van der Waals surface area contributed by atoms with Crippen molar-refractivity contribution in [3.8, 4) is 0 Å². The average Bonchev–Trinajstić information content (AvgIpc) is 2.23. The van der Waals surface area contributed by atoms with E-state index in [0.717, 1.165) is 13.0 Å². The van der Waals surface area contributed by atoms with Crippen molar-refractivity contribution in [2.24, 2.45) is 0 Å². The van der Waals surface area contributed by atoms with Crippen molar-refractivity contribution >= 4 is 0 Å². The maximum atomic E-state index is 5.08. The highest BCUT2D eigenvalue weighted by atomic mass is 16.9. The summed E-state index contributed by atoms with van der Waals surface area (Å²) < 4.78 is 10.2.